The molecule has 0 aliphatic heterocycles. The highest BCUT2D eigenvalue weighted by Crippen LogP contribution is 2.15. The van der Waals surface area contributed by atoms with Gasteiger partial charge in [0.15, 0.2) is 0 Å². The summed E-state index contributed by atoms with van der Waals surface area (Å²) in [6.07, 6.45) is 0.641. The Hall–Kier alpha value is -1.96. The molecule has 0 saturated carbocycles. The van der Waals surface area contributed by atoms with Crippen molar-refractivity contribution in [3.05, 3.63) is 40.4 Å². The van der Waals surface area contributed by atoms with Gasteiger partial charge < -0.3 is 4.84 Å². The van der Waals surface area contributed by atoms with Gasteiger partial charge in [-0.3, -0.25) is 10.1 Å². The number of rotatable bonds is 5. The van der Waals surface area contributed by atoms with Crippen molar-refractivity contribution in [2.24, 2.45) is 5.16 Å². The van der Waals surface area contributed by atoms with Crippen molar-refractivity contribution < 1.29 is 18.2 Å². The van der Waals surface area contributed by atoms with Gasteiger partial charge in [0.25, 0.3) is 9.84 Å². The summed E-state index contributed by atoms with van der Waals surface area (Å²) in [4.78, 5) is 13.9. The molecule has 0 aliphatic rings. The summed E-state index contributed by atoms with van der Waals surface area (Å²) in [5.41, 5.74) is 0. The maximum absolute atomic E-state index is 11.9. The number of nitro groups is 1. The normalized spacial score (nSPS) is 13.5. The first-order chi connectivity index (χ1) is 8.00. The van der Waals surface area contributed by atoms with Crippen molar-refractivity contribution in [2.75, 3.05) is 7.11 Å². The third-order valence-electron chi connectivity index (χ3n) is 1.89. The quantitative estimate of drug-likeness (QED) is 0.439. The summed E-state index contributed by atoms with van der Waals surface area (Å²) in [5.74, 6) is 0. The molecule has 0 radical (unpaired) electrons. The topological polar surface area (TPSA) is 98.9 Å². The molecule has 92 valence electrons. The first-order valence-corrected chi connectivity index (χ1v) is 6.04. The lowest BCUT2D eigenvalue weighted by molar-refractivity contribution is -0.478. The van der Waals surface area contributed by atoms with E-state index in [9.17, 15) is 18.5 Å². The molecule has 0 amide bonds. The minimum atomic E-state index is -4.10. The number of hydrogen-bond donors (Lipinski definition) is 0. The molecule has 1 aromatic rings. The van der Waals surface area contributed by atoms with Crippen molar-refractivity contribution in [2.45, 2.75) is 10.3 Å². The van der Waals surface area contributed by atoms with Gasteiger partial charge in [0.05, 0.1) is 4.90 Å². The molecule has 7 nitrogen and oxygen atoms in total. The second-order valence-electron chi connectivity index (χ2n) is 2.97. The lowest BCUT2D eigenvalue weighted by atomic mass is 10.4. The zero-order chi connectivity index (χ0) is 12.9. The van der Waals surface area contributed by atoms with Gasteiger partial charge in [-0.25, -0.2) is 8.42 Å². The van der Waals surface area contributed by atoms with Gasteiger partial charge in [-0.1, -0.05) is 23.4 Å². The summed E-state index contributed by atoms with van der Waals surface area (Å²) >= 11 is 0. The van der Waals surface area contributed by atoms with E-state index in [0.29, 0.717) is 6.21 Å². The Morgan fingerprint density at radius 3 is 2.47 bits per heavy atom. The van der Waals surface area contributed by atoms with Crippen LogP contribution in [0.25, 0.3) is 0 Å². The highest BCUT2D eigenvalue weighted by Gasteiger charge is 2.36. The van der Waals surface area contributed by atoms with Crippen LogP contribution in [0.15, 0.2) is 40.4 Å². The molecule has 1 rings (SSSR count). The molecule has 1 atom stereocenters. The second-order valence-corrected chi connectivity index (χ2v) is 5.02. The smallest absolute Gasteiger partial charge is 0.352 e. The Morgan fingerprint density at radius 2 is 2.00 bits per heavy atom. The van der Waals surface area contributed by atoms with E-state index in [1.54, 1.807) is 6.07 Å². The van der Waals surface area contributed by atoms with Crippen molar-refractivity contribution >= 4 is 16.1 Å². The fourth-order valence-electron chi connectivity index (χ4n) is 1.11. The van der Waals surface area contributed by atoms with E-state index >= 15 is 0 Å². The molecule has 0 fully saturated rings. The fraction of sp³-hybridized carbons (Fsp3) is 0.222. The monoisotopic (exact) mass is 258 g/mol. The molecule has 0 heterocycles. The number of hydrogen-bond acceptors (Lipinski definition) is 6. The Labute approximate surface area is 97.8 Å². The zero-order valence-corrected chi connectivity index (χ0v) is 9.70. The Morgan fingerprint density at radius 1 is 1.41 bits per heavy atom. The van der Waals surface area contributed by atoms with Crippen LogP contribution in [0.4, 0.5) is 0 Å². The predicted octanol–water partition coefficient (Wildman–Crippen LogP) is 0.695. The maximum atomic E-state index is 11.9. The summed E-state index contributed by atoms with van der Waals surface area (Å²) in [6.45, 7) is 0. The molecular weight excluding hydrogens is 248 g/mol. The molecule has 0 spiro atoms. The number of sulfone groups is 1. The van der Waals surface area contributed by atoms with E-state index in [4.69, 9.17) is 0 Å². The van der Waals surface area contributed by atoms with E-state index < -0.39 is 20.1 Å². The Bertz CT molecular complexity index is 511. The largest absolute Gasteiger partial charge is 0.399 e. The predicted molar refractivity (Wildman–Crippen MR) is 59.9 cm³/mol. The summed E-state index contributed by atoms with van der Waals surface area (Å²) in [6, 6.07) is 7.15. The van der Waals surface area contributed by atoms with Crippen LogP contribution < -0.4 is 0 Å². The zero-order valence-electron chi connectivity index (χ0n) is 8.89. The summed E-state index contributed by atoms with van der Waals surface area (Å²) < 4.78 is 23.8. The maximum Gasteiger partial charge on any atom is 0.352 e. The average Bonchev–Trinajstić information content (AvgIpc) is 2.30. The molecule has 0 aliphatic carbocycles. The van der Waals surface area contributed by atoms with Gasteiger partial charge in [-0.05, 0) is 12.1 Å². The van der Waals surface area contributed by atoms with Crippen LogP contribution in [0, 0.1) is 10.1 Å². The van der Waals surface area contributed by atoms with E-state index in [1.807, 2.05) is 0 Å². The lowest BCUT2D eigenvalue weighted by Crippen LogP contribution is -2.31. The van der Waals surface area contributed by atoms with Crippen LogP contribution in [0.3, 0.4) is 0 Å². The molecule has 0 saturated heterocycles. The standard InChI is InChI=1S/C9H10N2O5S/c1-16-10-7-9(11(12)13)17(14,15)8-5-3-2-4-6-8/h2-7,9H,1H3/b10-7-/t9-/m1/s1. The van der Waals surface area contributed by atoms with Gasteiger partial charge >= 0.3 is 5.37 Å². The van der Waals surface area contributed by atoms with Crippen LogP contribution in [-0.2, 0) is 14.7 Å². The van der Waals surface area contributed by atoms with Crippen molar-refractivity contribution in [3.8, 4) is 0 Å². The van der Waals surface area contributed by atoms with Gasteiger partial charge in [0.2, 0.25) is 0 Å². The number of nitrogens with zero attached hydrogens (tertiary/aromatic N) is 2. The molecule has 0 bridgehead atoms. The Balaban J connectivity index is 3.19. The molecule has 8 heteroatoms. The van der Waals surface area contributed by atoms with Crippen LogP contribution >= 0.6 is 0 Å². The third-order valence-corrected chi connectivity index (χ3v) is 3.75. The lowest BCUT2D eigenvalue weighted by Gasteiger charge is -2.05. The SMILES string of the molecule is CO/N=C\[C@H]([N+](=O)[O-])S(=O)(=O)c1ccccc1. The van der Waals surface area contributed by atoms with Crippen LogP contribution in [-0.4, -0.2) is 32.0 Å². The highest BCUT2D eigenvalue weighted by molar-refractivity contribution is 7.92. The first kappa shape index (κ1) is 13.1. The average molecular weight is 258 g/mol. The van der Waals surface area contributed by atoms with E-state index in [1.165, 1.54) is 31.4 Å². The molecule has 0 aromatic heterocycles. The minimum absolute atomic E-state index is 0.135. The first-order valence-electron chi connectivity index (χ1n) is 4.49. The highest BCUT2D eigenvalue weighted by atomic mass is 32.2. The summed E-state index contributed by atoms with van der Waals surface area (Å²) in [7, 11) is -2.93. The molecule has 0 N–H and O–H groups in total. The van der Waals surface area contributed by atoms with Gasteiger partial charge in [0, 0.05) is 4.92 Å². The summed E-state index contributed by atoms with van der Waals surface area (Å²) in [5, 5.41) is 11.9. The van der Waals surface area contributed by atoms with Gasteiger partial charge in [-0.2, -0.15) is 0 Å². The van der Waals surface area contributed by atoms with E-state index in [2.05, 4.69) is 9.99 Å². The van der Waals surface area contributed by atoms with Crippen molar-refractivity contribution in [3.63, 3.8) is 0 Å². The second kappa shape index (κ2) is 5.39. The number of benzene rings is 1. The molecular formula is C9H10N2O5S. The fourth-order valence-corrected chi connectivity index (χ4v) is 2.36. The minimum Gasteiger partial charge on any atom is -0.399 e. The van der Waals surface area contributed by atoms with Crippen LogP contribution in [0.2, 0.25) is 0 Å². The molecule has 1 aromatic carbocycles. The van der Waals surface area contributed by atoms with Crippen LogP contribution in [0.1, 0.15) is 0 Å². The van der Waals surface area contributed by atoms with Crippen LogP contribution in [0.5, 0.6) is 0 Å². The Kier molecular flexibility index (Phi) is 4.16. The molecule has 0 unspecified atom stereocenters. The van der Waals surface area contributed by atoms with Gasteiger partial charge in [-0.15, -0.1) is 0 Å². The van der Waals surface area contributed by atoms with Gasteiger partial charge in [0.1, 0.15) is 13.3 Å². The van der Waals surface area contributed by atoms with Crippen molar-refractivity contribution in [1.82, 2.24) is 0 Å². The number of oxime groups is 1. The van der Waals surface area contributed by atoms with Crippen molar-refractivity contribution in [1.29, 1.82) is 0 Å². The molecule has 17 heavy (non-hydrogen) atoms. The third kappa shape index (κ3) is 3.00. The van der Waals surface area contributed by atoms with E-state index in [-0.39, 0.29) is 4.90 Å². The van der Waals surface area contributed by atoms with E-state index in [0.717, 1.165) is 0 Å².